The number of carbonyl (C=O) groups is 1. The van der Waals surface area contributed by atoms with Crippen LogP contribution in [0.1, 0.15) is 5.56 Å². The second-order valence-corrected chi connectivity index (χ2v) is 7.45. The Morgan fingerprint density at radius 3 is 2.38 bits per heavy atom. The fourth-order valence-electron chi connectivity index (χ4n) is 3.00. The van der Waals surface area contributed by atoms with Crippen molar-refractivity contribution in [2.75, 3.05) is 5.32 Å². The lowest BCUT2D eigenvalue weighted by Gasteiger charge is -2.09. The van der Waals surface area contributed by atoms with E-state index in [0.29, 0.717) is 28.8 Å². The van der Waals surface area contributed by atoms with Gasteiger partial charge in [0.25, 0.3) is 0 Å². The molecule has 0 spiro atoms. The minimum absolute atomic E-state index is 0.296. The average molecular weight is 488 g/mol. The van der Waals surface area contributed by atoms with E-state index in [-0.39, 0.29) is 11.8 Å². The van der Waals surface area contributed by atoms with Crippen LogP contribution in [0, 0.1) is 0 Å². The Morgan fingerprint density at radius 1 is 1.00 bits per heavy atom. The molecule has 174 valence electrons. The first-order chi connectivity index (χ1) is 16.3. The highest BCUT2D eigenvalue weighted by atomic mass is 35.5. The van der Waals surface area contributed by atoms with Gasteiger partial charge in [-0.2, -0.15) is 0 Å². The van der Waals surface area contributed by atoms with Gasteiger partial charge >= 0.3 is 12.4 Å². The topological polar surface area (TPSA) is 81.1 Å². The summed E-state index contributed by atoms with van der Waals surface area (Å²) in [6.45, 7) is 0.296. The number of anilines is 1. The molecular weight excluding hydrogens is 471 g/mol. The highest BCUT2D eigenvalue weighted by molar-refractivity contribution is 6.33. The molecule has 11 heteroatoms. The first-order valence-corrected chi connectivity index (χ1v) is 10.3. The van der Waals surface area contributed by atoms with Crippen LogP contribution in [0.3, 0.4) is 0 Å². The van der Waals surface area contributed by atoms with E-state index in [9.17, 15) is 18.0 Å². The summed E-state index contributed by atoms with van der Waals surface area (Å²) in [5.74, 6) is 0.118. The zero-order chi connectivity index (χ0) is 24.1. The third kappa shape index (κ3) is 6.04. The molecule has 0 saturated heterocycles. The van der Waals surface area contributed by atoms with E-state index in [0.717, 1.165) is 11.1 Å². The number of hydrogen-bond donors (Lipinski definition) is 2. The fourth-order valence-corrected chi connectivity index (χ4v) is 3.19. The van der Waals surface area contributed by atoms with E-state index in [1.807, 2.05) is 24.3 Å². The van der Waals surface area contributed by atoms with E-state index >= 15 is 0 Å². The summed E-state index contributed by atoms with van der Waals surface area (Å²) in [7, 11) is 0. The third-order valence-corrected chi connectivity index (χ3v) is 4.94. The van der Waals surface area contributed by atoms with Gasteiger partial charge in [-0.1, -0.05) is 48.0 Å². The molecule has 0 fully saturated rings. The van der Waals surface area contributed by atoms with Crippen LogP contribution in [0.25, 0.3) is 17.1 Å². The predicted octanol–water partition coefficient (Wildman–Crippen LogP) is 5.81. The van der Waals surface area contributed by atoms with Crippen LogP contribution in [0.5, 0.6) is 5.75 Å². The first kappa shape index (κ1) is 23.1. The number of carbonyl (C=O) groups excluding carboxylic acids is 1. The van der Waals surface area contributed by atoms with E-state index < -0.39 is 6.36 Å². The zero-order valence-corrected chi connectivity index (χ0v) is 18.1. The number of amides is 2. The van der Waals surface area contributed by atoms with Gasteiger partial charge in [-0.3, -0.25) is 0 Å². The largest absolute Gasteiger partial charge is 0.573 e. The van der Waals surface area contributed by atoms with E-state index in [1.54, 1.807) is 24.3 Å². The molecule has 0 radical (unpaired) electrons. The molecule has 0 aliphatic carbocycles. The summed E-state index contributed by atoms with van der Waals surface area (Å²) in [5, 5.41) is 10.2. The average Bonchev–Trinajstić information content (AvgIpc) is 3.29. The molecule has 2 amide bonds. The number of para-hydroxylation sites is 1. The monoisotopic (exact) mass is 487 g/mol. The smallest absolute Gasteiger partial charge is 0.406 e. The summed E-state index contributed by atoms with van der Waals surface area (Å²) < 4.78 is 42.2. The van der Waals surface area contributed by atoms with Crippen molar-refractivity contribution in [2.24, 2.45) is 0 Å². The van der Waals surface area contributed by atoms with Gasteiger partial charge in [0.05, 0.1) is 16.4 Å². The van der Waals surface area contributed by atoms with E-state index in [4.69, 9.17) is 11.6 Å². The maximum absolute atomic E-state index is 12.3. The number of urea groups is 1. The standard InChI is InChI=1S/C23H17ClF3N5O2/c24-19-3-1-2-4-20(19)30-22(33)28-13-15-5-7-16(8-6-15)21-29-14-32(31-21)17-9-11-18(12-10-17)34-23(25,26)27/h1-12,14H,13H2,(H2,28,30,33). The van der Waals surface area contributed by atoms with Crippen LogP contribution in [-0.2, 0) is 6.54 Å². The molecule has 7 nitrogen and oxygen atoms in total. The summed E-state index contributed by atoms with van der Waals surface area (Å²) in [5.41, 5.74) is 2.64. The number of benzene rings is 3. The second kappa shape index (κ2) is 9.84. The van der Waals surface area contributed by atoms with Gasteiger partial charge < -0.3 is 15.4 Å². The van der Waals surface area contributed by atoms with E-state index in [2.05, 4.69) is 25.5 Å². The number of hydrogen-bond acceptors (Lipinski definition) is 4. The number of aromatic nitrogens is 3. The molecule has 4 rings (SSSR count). The molecule has 0 aliphatic rings. The normalized spacial score (nSPS) is 11.2. The van der Waals surface area contributed by atoms with Crippen molar-refractivity contribution in [3.8, 4) is 22.8 Å². The van der Waals surface area contributed by atoms with Crippen molar-refractivity contribution < 1.29 is 22.7 Å². The molecule has 4 aromatic rings. The SMILES string of the molecule is O=C(NCc1ccc(-c2ncn(-c3ccc(OC(F)(F)F)cc3)n2)cc1)Nc1ccccc1Cl. The van der Waals surface area contributed by atoms with Gasteiger partial charge in [0, 0.05) is 12.1 Å². The number of ether oxygens (including phenoxy) is 1. The molecule has 0 atom stereocenters. The van der Waals surface area contributed by atoms with Gasteiger partial charge in [0.15, 0.2) is 5.82 Å². The van der Waals surface area contributed by atoms with Crippen molar-refractivity contribution in [1.29, 1.82) is 0 Å². The summed E-state index contributed by atoms with van der Waals surface area (Å²) in [6, 6.07) is 19.1. The minimum atomic E-state index is -4.75. The highest BCUT2D eigenvalue weighted by Gasteiger charge is 2.31. The van der Waals surface area contributed by atoms with Gasteiger partial charge in [0.2, 0.25) is 0 Å². The van der Waals surface area contributed by atoms with Crippen LogP contribution in [0.15, 0.2) is 79.1 Å². The molecule has 34 heavy (non-hydrogen) atoms. The van der Waals surface area contributed by atoms with Crippen LogP contribution < -0.4 is 15.4 Å². The number of alkyl halides is 3. The number of halogens is 4. The zero-order valence-electron chi connectivity index (χ0n) is 17.4. The number of nitrogens with zero attached hydrogens (tertiary/aromatic N) is 3. The lowest BCUT2D eigenvalue weighted by molar-refractivity contribution is -0.274. The van der Waals surface area contributed by atoms with Gasteiger partial charge in [-0.25, -0.2) is 14.5 Å². The molecule has 0 bridgehead atoms. The molecule has 0 unspecified atom stereocenters. The lowest BCUT2D eigenvalue weighted by Crippen LogP contribution is -2.28. The van der Waals surface area contributed by atoms with Crippen molar-refractivity contribution in [3.63, 3.8) is 0 Å². The fraction of sp³-hybridized carbons (Fsp3) is 0.0870. The van der Waals surface area contributed by atoms with Crippen molar-refractivity contribution in [1.82, 2.24) is 20.1 Å². The van der Waals surface area contributed by atoms with Crippen LogP contribution in [0.4, 0.5) is 23.7 Å². The second-order valence-electron chi connectivity index (χ2n) is 7.04. The molecule has 0 saturated carbocycles. The molecule has 1 aromatic heterocycles. The predicted molar refractivity (Wildman–Crippen MR) is 121 cm³/mol. The molecular formula is C23H17ClF3N5O2. The number of rotatable bonds is 6. The quantitative estimate of drug-likeness (QED) is 0.360. The van der Waals surface area contributed by atoms with Crippen molar-refractivity contribution in [3.05, 3.63) is 89.7 Å². The Hall–Kier alpha value is -4.05. The summed E-state index contributed by atoms with van der Waals surface area (Å²) >= 11 is 6.03. The summed E-state index contributed by atoms with van der Waals surface area (Å²) in [4.78, 5) is 16.3. The highest BCUT2D eigenvalue weighted by Crippen LogP contribution is 2.24. The summed E-state index contributed by atoms with van der Waals surface area (Å²) in [6.07, 6.45) is -3.29. The Morgan fingerprint density at radius 2 is 1.71 bits per heavy atom. The van der Waals surface area contributed by atoms with Crippen molar-refractivity contribution in [2.45, 2.75) is 12.9 Å². The van der Waals surface area contributed by atoms with Crippen LogP contribution >= 0.6 is 11.6 Å². The Labute approximate surface area is 197 Å². The molecule has 1 heterocycles. The maximum atomic E-state index is 12.3. The Kier molecular flexibility index (Phi) is 6.69. The van der Waals surface area contributed by atoms with Gasteiger partial charge in [-0.15, -0.1) is 18.3 Å². The molecule has 2 N–H and O–H groups in total. The molecule has 0 aliphatic heterocycles. The number of nitrogens with one attached hydrogen (secondary N) is 2. The van der Waals surface area contributed by atoms with Crippen molar-refractivity contribution >= 4 is 23.3 Å². The van der Waals surface area contributed by atoms with Gasteiger partial charge in [0.1, 0.15) is 12.1 Å². The molecule has 3 aromatic carbocycles. The van der Waals surface area contributed by atoms with Crippen LogP contribution in [0.2, 0.25) is 5.02 Å². The lowest BCUT2D eigenvalue weighted by atomic mass is 10.1. The maximum Gasteiger partial charge on any atom is 0.573 e. The van der Waals surface area contributed by atoms with E-state index in [1.165, 1.54) is 35.3 Å². The van der Waals surface area contributed by atoms with Crippen LogP contribution in [-0.4, -0.2) is 27.2 Å². The first-order valence-electron chi connectivity index (χ1n) is 9.93. The third-order valence-electron chi connectivity index (χ3n) is 4.61. The minimum Gasteiger partial charge on any atom is -0.406 e. The Bertz CT molecular complexity index is 1280. The Balaban J connectivity index is 1.35. The van der Waals surface area contributed by atoms with Gasteiger partial charge in [-0.05, 0) is 42.0 Å².